The molecule has 1 atom stereocenters. The van der Waals surface area contributed by atoms with Gasteiger partial charge in [0.25, 0.3) is 0 Å². The number of likely N-dealkylation sites (tertiary alicyclic amines) is 1. The first-order valence-corrected chi connectivity index (χ1v) is 7.69. The molecule has 3 heteroatoms. The highest BCUT2D eigenvalue weighted by molar-refractivity contribution is 9.09. The summed E-state index contributed by atoms with van der Waals surface area (Å²) in [6, 6.07) is 4.40. The molecule has 84 valence electrons. The highest BCUT2D eigenvalue weighted by Gasteiger charge is 2.19. The van der Waals surface area contributed by atoms with Gasteiger partial charge in [-0.25, -0.2) is 0 Å². The average molecular weight is 288 g/mol. The van der Waals surface area contributed by atoms with E-state index in [1.807, 2.05) is 11.3 Å². The maximum absolute atomic E-state index is 3.55. The molecule has 1 aromatic heterocycles. The van der Waals surface area contributed by atoms with Gasteiger partial charge in [0, 0.05) is 23.3 Å². The molecule has 0 bridgehead atoms. The molecule has 1 fully saturated rings. The Balaban J connectivity index is 1.82. The van der Waals surface area contributed by atoms with E-state index >= 15 is 0 Å². The molecule has 2 heterocycles. The molecule has 1 aliphatic heterocycles. The molecular formula is C12H18BrNS. The van der Waals surface area contributed by atoms with Crippen LogP contribution in [0.2, 0.25) is 0 Å². The van der Waals surface area contributed by atoms with Gasteiger partial charge in [-0.15, -0.1) is 11.3 Å². The maximum atomic E-state index is 3.55. The minimum Gasteiger partial charge on any atom is -0.298 e. The normalized spacial score (nSPS) is 23.1. The minimum atomic E-state index is 0.915. The molecule has 15 heavy (non-hydrogen) atoms. The van der Waals surface area contributed by atoms with Crippen molar-refractivity contribution in [2.45, 2.75) is 25.8 Å². The number of nitrogens with zero attached hydrogens (tertiary/aromatic N) is 1. The fourth-order valence-electron chi connectivity index (χ4n) is 2.31. The van der Waals surface area contributed by atoms with E-state index < -0.39 is 0 Å². The second kappa shape index (κ2) is 6.02. The topological polar surface area (TPSA) is 3.24 Å². The maximum Gasteiger partial charge on any atom is 0.0328 e. The summed E-state index contributed by atoms with van der Waals surface area (Å²) < 4.78 is 0. The van der Waals surface area contributed by atoms with Gasteiger partial charge >= 0.3 is 0 Å². The lowest BCUT2D eigenvalue weighted by Crippen LogP contribution is -2.34. The second-order valence-corrected chi connectivity index (χ2v) is 6.13. The number of piperidine rings is 1. The molecule has 0 aliphatic carbocycles. The van der Waals surface area contributed by atoms with E-state index in [2.05, 4.69) is 38.3 Å². The number of alkyl halides is 1. The molecule has 0 saturated carbocycles. The smallest absolute Gasteiger partial charge is 0.0328 e. The first-order valence-electron chi connectivity index (χ1n) is 5.69. The lowest BCUT2D eigenvalue weighted by molar-refractivity contribution is 0.167. The molecule has 1 saturated heterocycles. The van der Waals surface area contributed by atoms with Crippen LogP contribution in [0.4, 0.5) is 0 Å². The van der Waals surface area contributed by atoms with Gasteiger partial charge in [0.2, 0.25) is 0 Å². The summed E-state index contributed by atoms with van der Waals surface area (Å²) in [4.78, 5) is 4.12. The van der Waals surface area contributed by atoms with E-state index in [0.29, 0.717) is 0 Å². The summed E-state index contributed by atoms with van der Waals surface area (Å²) in [6.45, 7) is 3.75. The Morgan fingerprint density at radius 1 is 1.53 bits per heavy atom. The molecule has 0 spiro atoms. The fourth-order valence-corrected chi connectivity index (χ4v) is 3.70. The monoisotopic (exact) mass is 287 g/mol. The molecular weight excluding hydrogens is 270 g/mol. The van der Waals surface area contributed by atoms with Crippen molar-refractivity contribution in [3.05, 3.63) is 22.4 Å². The number of thiophene rings is 1. The van der Waals surface area contributed by atoms with Crippen LogP contribution in [0.5, 0.6) is 0 Å². The van der Waals surface area contributed by atoms with Gasteiger partial charge in [-0.3, -0.25) is 4.90 Å². The largest absolute Gasteiger partial charge is 0.298 e. The van der Waals surface area contributed by atoms with Gasteiger partial charge in [0.1, 0.15) is 0 Å². The van der Waals surface area contributed by atoms with Crippen LogP contribution >= 0.6 is 27.3 Å². The van der Waals surface area contributed by atoms with Crippen molar-refractivity contribution in [2.24, 2.45) is 5.92 Å². The van der Waals surface area contributed by atoms with Crippen molar-refractivity contribution >= 4 is 27.3 Å². The van der Waals surface area contributed by atoms with Crippen LogP contribution in [0.25, 0.3) is 0 Å². The standard InChI is InChI=1S/C12H18BrNS/c13-6-5-11-3-1-7-14(9-11)10-12-4-2-8-15-12/h2,4,8,11H,1,3,5-7,9-10H2. The van der Waals surface area contributed by atoms with Crippen molar-refractivity contribution in [2.75, 3.05) is 18.4 Å². The summed E-state index contributed by atoms with van der Waals surface area (Å²) in [7, 11) is 0. The third-order valence-corrected chi connectivity index (χ3v) is 4.40. The van der Waals surface area contributed by atoms with E-state index in [1.165, 1.54) is 37.2 Å². The van der Waals surface area contributed by atoms with Crippen molar-refractivity contribution in [3.8, 4) is 0 Å². The number of hydrogen-bond donors (Lipinski definition) is 0. The van der Waals surface area contributed by atoms with Gasteiger partial charge in [-0.05, 0) is 43.2 Å². The summed E-state index contributed by atoms with van der Waals surface area (Å²) in [6.07, 6.45) is 4.14. The van der Waals surface area contributed by atoms with Crippen LogP contribution < -0.4 is 0 Å². The van der Waals surface area contributed by atoms with Crippen LogP contribution in [0.3, 0.4) is 0 Å². The number of rotatable bonds is 4. The van der Waals surface area contributed by atoms with Crippen molar-refractivity contribution in [1.29, 1.82) is 0 Å². The SMILES string of the molecule is BrCCC1CCCN(Cc2cccs2)C1. The molecule has 1 unspecified atom stereocenters. The van der Waals surface area contributed by atoms with Crippen molar-refractivity contribution in [3.63, 3.8) is 0 Å². The van der Waals surface area contributed by atoms with Crippen LogP contribution in [-0.4, -0.2) is 23.3 Å². The van der Waals surface area contributed by atoms with Crippen LogP contribution in [0.1, 0.15) is 24.1 Å². The van der Waals surface area contributed by atoms with Gasteiger partial charge in [-0.1, -0.05) is 22.0 Å². The molecule has 1 aliphatic rings. The molecule has 0 N–H and O–H groups in total. The summed E-state index contributed by atoms with van der Waals surface area (Å²) in [5.41, 5.74) is 0. The third-order valence-electron chi connectivity index (χ3n) is 3.08. The van der Waals surface area contributed by atoms with Crippen molar-refractivity contribution < 1.29 is 0 Å². The Kier molecular flexibility index (Phi) is 4.66. The second-order valence-electron chi connectivity index (χ2n) is 4.30. The lowest BCUT2D eigenvalue weighted by Gasteiger charge is -2.32. The Labute approximate surface area is 105 Å². The summed E-state index contributed by atoms with van der Waals surface area (Å²) in [5.74, 6) is 0.915. The zero-order valence-corrected chi connectivity index (χ0v) is 11.4. The van der Waals surface area contributed by atoms with Crippen LogP contribution in [0, 0.1) is 5.92 Å². The quantitative estimate of drug-likeness (QED) is 0.763. The van der Waals surface area contributed by atoms with Gasteiger partial charge in [0.05, 0.1) is 0 Å². The van der Waals surface area contributed by atoms with E-state index in [4.69, 9.17) is 0 Å². The van der Waals surface area contributed by atoms with Gasteiger partial charge < -0.3 is 0 Å². The van der Waals surface area contributed by atoms with Crippen LogP contribution in [0.15, 0.2) is 17.5 Å². The zero-order valence-electron chi connectivity index (χ0n) is 8.99. The first-order chi connectivity index (χ1) is 7.38. The minimum absolute atomic E-state index is 0.915. The highest BCUT2D eigenvalue weighted by atomic mass is 79.9. The predicted molar refractivity (Wildman–Crippen MR) is 70.7 cm³/mol. The van der Waals surface area contributed by atoms with Crippen molar-refractivity contribution in [1.82, 2.24) is 4.90 Å². The number of hydrogen-bond acceptors (Lipinski definition) is 2. The molecule has 0 amide bonds. The van der Waals surface area contributed by atoms with E-state index in [9.17, 15) is 0 Å². The van der Waals surface area contributed by atoms with Gasteiger partial charge in [-0.2, -0.15) is 0 Å². The average Bonchev–Trinajstić information content (AvgIpc) is 2.71. The summed E-state index contributed by atoms with van der Waals surface area (Å²) >= 11 is 5.43. The van der Waals surface area contributed by atoms with Gasteiger partial charge in [0.15, 0.2) is 0 Å². The molecule has 0 aromatic carbocycles. The first kappa shape index (κ1) is 11.6. The summed E-state index contributed by atoms with van der Waals surface area (Å²) in [5, 5.41) is 3.33. The fraction of sp³-hybridized carbons (Fsp3) is 0.667. The Hall–Kier alpha value is 0.140. The Morgan fingerprint density at radius 3 is 3.20 bits per heavy atom. The number of halogens is 1. The molecule has 0 radical (unpaired) electrons. The third kappa shape index (κ3) is 3.58. The zero-order chi connectivity index (χ0) is 10.5. The van der Waals surface area contributed by atoms with Crippen LogP contribution in [-0.2, 0) is 6.54 Å². The lowest BCUT2D eigenvalue weighted by atomic mass is 9.96. The van der Waals surface area contributed by atoms with E-state index in [0.717, 1.165) is 17.8 Å². The molecule has 1 nitrogen and oxygen atoms in total. The predicted octanol–water partition coefficient (Wildman–Crippen LogP) is 3.75. The van der Waals surface area contributed by atoms with E-state index in [1.54, 1.807) is 0 Å². The highest BCUT2D eigenvalue weighted by Crippen LogP contribution is 2.22. The Bertz CT molecular complexity index is 271. The molecule has 1 aromatic rings. The van der Waals surface area contributed by atoms with E-state index in [-0.39, 0.29) is 0 Å². The Morgan fingerprint density at radius 2 is 2.47 bits per heavy atom. The molecule has 2 rings (SSSR count).